The van der Waals surface area contributed by atoms with Crippen LogP contribution in [0.15, 0.2) is 18.2 Å². The molecule has 0 amide bonds. The van der Waals surface area contributed by atoms with Crippen LogP contribution in [0.2, 0.25) is 0 Å². The van der Waals surface area contributed by atoms with Crippen molar-refractivity contribution >= 4 is 12.4 Å². The number of benzene rings is 1. The Morgan fingerprint density at radius 1 is 1.17 bits per heavy atom. The van der Waals surface area contributed by atoms with E-state index in [1.807, 2.05) is 0 Å². The Morgan fingerprint density at radius 2 is 1.83 bits per heavy atom. The molecule has 136 valence electrons. The summed E-state index contributed by atoms with van der Waals surface area (Å²) < 4.78 is 44.8. The standard InChI is InChI=1S/C17H23F3N2O.ClH/c1-23-15-10-13(9-14(11-15)17(18,19)20)16(12-3-2-4-12)22-7-5-21-6-8-22;/h9-12,16,21H,2-8H2,1H3;1H/t16-;/m0./s1. The summed E-state index contributed by atoms with van der Waals surface area (Å²) in [6.45, 7) is 3.53. The molecular weight excluding hydrogens is 341 g/mol. The van der Waals surface area contributed by atoms with Crippen LogP contribution < -0.4 is 10.1 Å². The first kappa shape index (κ1) is 19.3. The molecule has 1 aliphatic heterocycles. The van der Waals surface area contributed by atoms with E-state index in [0.717, 1.165) is 50.7 Å². The van der Waals surface area contributed by atoms with Crippen molar-refractivity contribution in [3.63, 3.8) is 0 Å². The minimum atomic E-state index is -4.35. The normalized spacial score (nSPS) is 20.8. The molecule has 1 aliphatic carbocycles. The van der Waals surface area contributed by atoms with Crippen molar-refractivity contribution in [3.8, 4) is 5.75 Å². The SMILES string of the molecule is COc1cc([C@H](C2CCC2)N2CCNCC2)cc(C(F)(F)F)c1.Cl. The molecule has 1 N–H and O–H groups in total. The zero-order valence-corrected chi connectivity index (χ0v) is 14.6. The number of alkyl halides is 3. The van der Waals surface area contributed by atoms with Gasteiger partial charge in [-0.2, -0.15) is 13.2 Å². The third-order valence-electron chi connectivity index (χ3n) is 4.97. The molecule has 1 saturated carbocycles. The fraction of sp³-hybridized carbons (Fsp3) is 0.647. The number of halogens is 4. The number of nitrogens with one attached hydrogen (secondary N) is 1. The minimum Gasteiger partial charge on any atom is -0.497 e. The number of ether oxygens (including phenoxy) is 1. The Kier molecular flexibility index (Phi) is 6.39. The largest absolute Gasteiger partial charge is 0.497 e. The van der Waals surface area contributed by atoms with Gasteiger partial charge in [0.05, 0.1) is 12.7 Å². The molecular formula is C17H24ClF3N2O. The van der Waals surface area contributed by atoms with E-state index in [9.17, 15) is 13.2 Å². The second-order valence-corrected chi connectivity index (χ2v) is 6.41. The zero-order valence-electron chi connectivity index (χ0n) is 13.7. The second-order valence-electron chi connectivity index (χ2n) is 6.41. The highest BCUT2D eigenvalue weighted by molar-refractivity contribution is 5.85. The Labute approximate surface area is 147 Å². The van der Waals surface area contributed by atoms with Crippen LogP contribution in [0.25, 0.3) is 0 Å². The lowest BCUT2D eigenvalue weighted by atomic mass is 9.76. The number of nitrogens with zero attached hydrogens (tertiary/aromatic N) is 1. The maximum Gasteiger partial charge on any atom is 0.416 e. The molecule has 0 unspecified atom stereocenters. The van der Waals surface area contributed by atoms with Gasteiger partial charge in [0.25, 0.3) is 0 Å². The molecule has 0 spiro atoms. The zero-order chi connectivity index (χ0) is 16.4. The molecule has 3 rings (SSSR count). The van der Waals surface area contributed by atoms with Crippen LogP contribution in [-0.2, 0) is 6.18 Å². The average Bonchev–Trinajstić information content (AvgIpc) is 2.50. The summed E-state index contributed by atoms with van der Waals surface area (Å²) in [6, 6.07) is 4.23. The Morgan fingerprint density at radius 3 is 2.33 bits per heavy atom. The van der Waals surface area contributed by atoms with Gasteiger partial charge in [-0.25, -0.2) is 0 Å². The molecule has 24 heavy (non-hydrogen) atoms. The van der Waals surface area contributed by atoms with Gasteiger partial charge in [0, 0.05) is 32.2 Å². The number of hydrogen-bond donors (Lipinski definition) is 1. The predicted molar refractivity (Wildman–Crippen MR) is 89.8 cm³/mol. The van der Waals surface area contributed by atoms with Crippen LogP contribution in [0, 0.1) is 5.92 Å². The van der Waals surface area contributed by atoms with Crippen LogP contribution in [0.5, 0.6) is 5.75 Å². The smallest absolute Gasteiger partial charge is 0.416 e. The third-order valence-corrected chi connectivity index (χ3v) is 4.97. The van der Waals surface area contributed by atoms with Crippen molar-refractivity contribution in [1.29, 1.82) is 0 Å². The average molecular weight is 365 g/mol. The second kappa shape index (κ2) is 7.93. The maximum absolute atomic E-state index is 13.2. The van der Waals surface area contributed by atoms with Crippen molar-refractivity contribution in [2.45, 2.75) is 31.5 Å². The van der Waals surface area contributed by atoms with Crippen LogP contribution in [-0.4, -0.2) is 38.2 Å². The molecule has 1 heterocycles. The number of hydrogen-bond acceptors (Lipinski definition) is 3. The van der Waals surface area contributed by atoms with Crippen molar-refractivity contribution in [1.82, 2.24) is 10.2 Å². The van der Waals surface area contributed by atoms with Gasteiger partial charge < -0.3 is 10.1 Å². The summed E-state index contributed by atoms with van der Waals surface area (Å²) >= 11 is 0. The summed E-state index contributed by atoms with van der Waals surface area (Å²) in [6.07, 6.45) is -0.999. The molecule has 7 heteroatoms. The number of rotatable bonds is 4. The number of methoxy groups -OCH3 is 1. The summed E-state index contributed by atoms with van der Waals surface area (Å²) in [7, 11) is 1.42. The Hall–Kier alpha value is -0.980. The van der Waals surface area contributed by atoms with Gasteiger partial charge in [0.2, 0.25) is 0 Å². The fourth-order valence-corrected chi connectivity index (χ4v) is 3.57. The molecule has 1 aromatic carbocycles. The van der Waals surface area contributed by atoms with Crippen LogP contribution in [0.3, 0.4) is 0 Å². The quantitative estimate of drug-likeness (QED) is 0.877. The molecule has 1 atom stereocenters. The molecule has 2 fully saturated rings. The van der Waals surface area contributed by atoms with Gasteiger partial charge in [0.1, 0.15) is 5.75 Å². The summed E-state index contributed by atoms with van der Waals surface area (Å²) in [5.41, 5.74) is 0.120. The predicted octanol–water partition coefficient (Wildman–Crippen LogP) is 3.88. The first-order chi connectivity index (χ1) is 11.0. The summed E-state index contributed by atoms with van der Waals surface area (Å²) in [5.74, 6) is 0.732. The first-order valence-electron chi connectivity index (χ1n) is 8.20. The van der Waals surface area contributed by atoms with Gasteiger partial charge in [-0.3, -0.25) is 4.90 Å². The minimum absolute atomic E-state index is 0. The van der Waals surface area contributed by atoms with E-state index in [-0.39, 0.29) is 24.2 Å². The highest BCUT2D eigenvalue weighted by Gasteiger charge is 2.37. The molecule has 0 radical (unpaired) electrons. The van der Waals surface area contributed by atoms with Crippen LogP contribution in [0.1, 0.15) is 36.4 Å². The molecule has 0 bridgehead atoms. The van der Waals surface area contributed by atoms with E-state index in [1.54, 1.807) is 6.07 Å². The van der Waals surface area contributed by atoms with Crippen molar-refractivity contribution < 1.29 is 17.9 Å². The molecule has 0 aromatic heterocycles. The number of piperazine rings is 1. The highest BCUT2D eigenvalue weighted by Crippen LogP contribution is 2.44. The van der Waals surface area contributed by atoms with Gasteiger partial charge in [-0.05, 0) is 42.5 Å². The van der Waals surface area contributed by atoms with E-state index in [1.165, 1.54) is 19.6 Å². The first-order valence-corrected chi connectivity index (χ1v) is 8.20. The maximum atomic E-state index is 13.2. The van der Waals surface area contributed by atoms with Gasteiger partial charge in [-0.1, -0.05) is 6.42 Å². The summed E-state index contributed by atoms with van der Waals surface area (Å²) in [4.78, 5) is 2.33. The lowest BCUT2D eigenvalue weighted by Crippen LogP contribution is -2.47. The Balaban J connectivity index is 0.00000208. The molecule has 2 aliphatic rings. The van der Waals surface area contributed by atoms with Crippen molar-refractivity contribution in [2.75, 3.05) is 33.3 Å². The van der Waals surface area contributed by atoms with E-state index >= 15 is 0 Å². The van der Waals surface area contributed by atoms with Gasteiger partial charge >= 0.3 is 6.18 Å². The van der Waals surface area contributed by atoms with Gasteiger partial charge in [-0.15, -0.1) is 12.4 Å². The molecule has 1 saturated heterocycles. The fourth-order valence-electron chi connectivity index (χ4n) is 3.57. The monoisotopic (exact) mass is 364 g/mol. The van der Waals surface area contributed by atoms with Gasteiger partial charge in [0.15, 0.2) is 0 Å². The Bertz CT molecular complexity index is 543. The van der Waals surface area contributed by atoms with Crippen molar-refractivity contribution in [3.05, 3.63) is 29.3 Å². The molecule has 1 aromatic rings. The van der Waals surface area contributed by atoms with E-state index < -0.39 is 11.7 Å². The van der Waals surface area contributed by atoms with Crippen molar-refractivity contribution in [2.24, 2.45) is 5.92 Å². The topological polar surface area (TPSA) is 24.5 Å². The van der Waals surface area contributed by atoms with Crippen LogP contribution in [0.4, 0.5) is 13.2 Å². The summed E-state index contributed by atoms with van der Waals surface area (Å²) in [5, 5.41) is 3.31. The molecule has 3 nitrogen and oxygen atoms in total. The van der Waals surface area contributed by atoms with E-state index in [0.29, 0.717) is 5.92 Å². The van der Waals surface area contributed by atoms with Crippen LogP contribution >= 0.6 is 12.4 Å². The van der Waals surface area contributed by atoms with E-state index in [2.05, 4.69) is 10.2 Å². The highest BCUT2D eigenvalue weighted by atomic mass is 35.5. The van der Waals surface area contributed by atoms with E-state index in [4.69, 9.17) is 4.74 Å². The lowest BCUT2D eigenvalue weighted by molar-refractivity contribution is -0.137. The lowest BCUT2D eigenvalue weighted by Gasteiger charge is -2.43. The third kappa shape index (κ3) is 4.16.